The minimum atomic E-state index is -0.119. The van der Waals surface area contributed by atoms with Crippen LogP contribution in [0.5, 0.6) is 0 Å². The van der Waals surface area contributed by atoms with Crippen molar-refractivity contribution in [2.75, 3.05) is 0 Å². The molecule has 2 aromatic heterocycles. The van der Waals surface area contributed by atoms with Crippen molar-refractivity contribution in [3.8, 4) is 11.1 Å². The van der Waals surface area contributed by atoms with Gasteiger partial charge < -0.3 is 9.73 Å². The monoisotopic (exact) mass is 292 g/mol. The number of aryl methyl sites for hydroxylation is 1. The summed E-state index contributed by atoms with van der Waals surface area (Å²) >= 11 is 0. The quantitative estimate of drug-likeness (QED) is 0.799. The summed E-state index contributed by atoms with van der Waals surface area (Å²) in [6.07, 6.45) is 3.54. The Kier molecular flexibility index (Phi) is 4.01. The smallest absolute Gasteiger partial charge is 0.251 e. The summed E-state index contributed by atoms with van der Waals surface area (Å²) in [6, 6.07) is 15.1. The average molecular weight is 292 g/mol. The van der Waals surface area contributed by atoms with E-state index in [0.29, 0.717) is 12.1 Å². The van der Waals surface area contributed by atoms with Crippen LogP contribution in [0, 0.1) is 6.92 Å². The molecule has 1 aromatic carbocycles. The van der Waals surface area contributed by atoms with Gasteiger partial charge in [-0.15, -0.1) is 0 Å². The van der Waals surface area contributed by atoms with Gasteiger partial charge in [-0.3, -0.25) is 9.78 Å². The third kappa shape index (κ3) is 3.23. The molecule has 3 rings (SSSR count). The second kappa shape index (κ2) is 6.26. The van der Waals surface area contributed by atoms with Crippen LogP contribution in [0.4, 0.5) is 0 Å². The maximum atomic E-state index is 12.1. The maximum absolute atomic E-state index is 12.1. The van der Waals surface area contributed by atoms with Crippen molar-refractivity contribution in [1.29, 1.82) is 0 Å². The van der Waals surface area contributed by atoms with Crippen molar-refractivity contribution >= 4 is 5.91 Å². The maximum Gasteiger partial charge on any atom is 0.251 e. The number of aromatic nitrogens is 1. The molecule has 0 unspecified atom stereocenters. The lowest BCUT2D eigenvalue weighted by Gasteiger charge is -2.05. The van der Waals surface area contributed by atoms with Gasteiger partial charge in [-0.05, 0) is 48.4 Å². The molecule has 1 N–H and O–H groups in total. The number of benzene rings is 1. The van der Waals surface area contributed by atoms with E-state index >= 15 is 0 Å². The fraction of sp³-hybridized carbons (Fsp3) is 0.111. The van der Waals surface area contributed by atoms with E-state index in [2.05, 4.69) is 10.3 Å². The van der Waals surface area contributed by atoms with E-state index in [1.807, 2.05) is 55.5 Å². The van der Waals surface area contributed by atoms with Crippen LogP contribution in [0.25, 0.3) is 11.1 Å². The standard InChI is InChI=1S/C18H16N2O2/c1-13-4-9-17(22-13)12-20-18(21)15-7-5-14(6-8-15)16-3-2-10-19-11-16/h2-11H,12H2,1H3,(H,20,21). The number of hydrogen-bond donors (Lipinski definition) is 1. The van der Waals surface area contributed by atoms with Crippen LogP contribution in [0.1, 0.15) is 21.9 Å². The highest BCUT2D eigenvalue weighted by Gasteiger charge is 2.07. The van der Waals surface area contributed by atoms with Crippen LogP contribution < -0.4 is 5.32 Å². The van der Waals surface area contributed by atoms with Gasteiger partial charge in [-0.25, -0.2) is 0 Å². The Labute approximate surface area is 128 Å². The van der Waals surface area contributed by atoms with E-state index in [0.717, 1.165) is 22.6 Å². The summed E-state index contributed by atoms with van der Waals surface area (Å²) in [5, 5.41) is 2.84. The molecule has 2 heterocycles. The van der Waals surface area contributed by atoms with E-state index in [1.165, 1.54) is 0 Å². The number of pyridine rings is 1. The number of hydrogen-bond acceptors (Lipinski definition) is 3. The Morgan fingerprint density at radius 1 is 1.09 bits per heavy atom. The molecule has 0 atom stereocenters. The third-order valence-electron chi connectivity index (χ3n) is 3.36. The molecule has 0 aliphatic carbocycles. The van der Waals surface area contributed by atoms with Gasteiger partial charge in [0.15, 0.2) is 0 Å². The van der Waals surface area contributed by atoms with Gasteiger partial charge in [0, 0.05) is 18.0 Å². The lowest BCUT2D eigenvalue weighted by Crippen LogP contribution is -2.22. The lowest BCUT2D eigenvalue weighted by molar-refractivity contribution is 0.0948. The summed E-state index contributed by atoms with van der Waals surface area (Å²) < 4.78 is 5.43. The van der Waals surface area contributed by atoms with Gasteiger partial charge in [0.1, 0.15) is 11.5 Å². The molecule has 0 spiro atoms. The molecule has 110 valence electrons. The predicted molar refractivity (Wildman–Crippen MR) is 84.3 cm³/mol. The topological polar surface area (TPSA) is 55.1 Å². The zero-order chi connectivity index (χ0) is 15.4. The molecule has 22 heavy (non-hydrogen) atoms. The van der Waals surface area contributed by atoms with Crippen LogP contribution in [0.2, 0.25) is 0 Å². The number of carbonyl (C=O) groups is 1. The number of nitrogens with one attached hydrogen (secondary N) is 1. The summed E-state index contributed by atoms with van der Waals surface area (Å²) in [5.41, 5.74) is 2.68. The van der Waals surface area contributed by atoms with Crippen molar-refractivity contribution < 1.29 is 9.21 Å². The minimum Gasteiger partial charge on any atom is -0.465 e. The Hall–Kier alpha value is -2.88. The van der Waals surface area contributed by atoms with E-state index in [4.69, 9.17) is 4.42 Å². The number of furan rings is 1. The molecule has 3 aromatic rings. The summed E-state index contributed by atoms with van der Waals surface area (Å²) in [4.78, 5) is 16.2. The highest BCUT2D eigenvalue weighted by Crippen LogP contribution is 2.18. The molecule has 0 radical (unpaired) electrons. The highest BCUT2D eigenvalue weighted by atomic mass is 16.3. The van der Waals surface area contributed by atoms with Crippen LogP contribution in [0.3, 0.4) is 0 Å². The Morgan fingerprint density at radius 2 is 1.91 bits per heavy atom. The number of rotatable bonds is 4. The van der Waals surface area contributed by atoms with Gasteiger partial charge in [0.05, 0.1) is 6.54 Å². The number of amides is 1. The second-order valence-corrected chi connectivity index (χ2v) is 5.01. The molecule has 0 aliphatic rings. The van der Waals surface area contributed by atoms with Gasteiger partial charge in [-0.2, -0.15) is 0 Å². The van der Waals surface area contributed by atoms with E-state index in [1.54, 1.807) is 12.4 Å². The SMILES string of the molecule is Cc1ccc(CNC(=O)c2ccc(-c3cccnc3)cc2)o1. The largest absolute Gasteiger partial charge is 0.465 e. The van der Waals surface area contributed by atoms with E-state index in [-0.39, 0.29) is 5.91 Å². The number of carbonyl (C=O) groups excluding carboxylic acids is 1. The van der Waals surface area contributed by atoms with Gasteiger partial charge in [0.25, 0.3) is 5.91 Å². The van der Waals surface area contributed by atoms with Crippen molar-refractivity contribution in [2.45, 2.75) is 13.5 Å². The zero-order valence-corrected chi connectivity index (χ0v) is 12.2. The van der Waals surface area contributed by atoms with Crippen molar-refractivity contribution in [3.05, 3.63) is 78.0 Å². The molecule has 0 fully saturated rings. The summed E-state index contributed by atoms with van der Waals surface area (Å²) in [6.45, 7) is 2.26. The molecule has 0 saturated heterocycles. The average Bonchev–Trinajstić information content (AvgIpc) is 2.99. The Morgan fingerprint density at radius 3 is 2.55 bits per heavy atom. The third-order valence-corrected chi connectivity index (χ3v) is 3.36. The first-order valence-electron chi connectivity index (χ1n) is 7.06. The molecule has 0 saturated carbocycles. The lowest BCUT2D eigenvalue weighted by atomic mass is 10.1. The molecule has 1 amide bonds. The molecule has 0 bridgehead atoms. The molecule has 4 heteroatoms. The first-order valence-corrected chi connectivity index (χ1v) is 7.06. The Bertz CT molecular complexity index is 761. The fourth-order valence-corrected chi connectivity index (χ4v) is 2.20. The predicted octanol–water partition coefficient (Wildman–Crippen LogP) is 3.58. The van der Waals surface area contributed by atoms with Gasteiger partial charge in [0.2, 0.25) is 0 Å². The normalized spacial score (nSPS) is 10.4. The Balaban J connectivity index is 1.66. The first-order chi connectivity index (χ1) is 10.7. The van der Waals surface area contributed by atoms with Crippen LogP contribution in [0.15, 0.2) is 65.3 Å². The summed E-state index contributed by atoms with van der Waals surface area (Å²) in [7, 11) is 0. The van der Waals surface area contributed by atoms with Gasteiger partial charge in [-0.1, -0.05) is 18.2 Å². The first kappa shape index (κ1) is 14.1. The molecular weight excluding hydrogens is 276 g/mol. The minimum absolute atomic E-state index is 0.119. The van der Waals surface area contributed by atoms with Crippen LogP contribution in [-0.4, -0.2) is 10.9 Å². The number of nitrogens with zero attached hydrogens (tertiary/aromatic N) is 1. The zero-order valence-electron chi connectivity index (χ0n) is 12.2. The van der Waals surface area contributed by atoms with E-state index < -0.39 is 0 Å². The highest BCUT2D eigenvalue weighted by molar-refractivity contribution is 5.94. The van der Waals surface area contributed by atoms with Crippen LogP contribution in [-0.2, 0) is 6.54 Å². The second-order valence-electron chi connectivity index (χ2n) is 5.01. The van der Waals surface area contributed by atoms with Crippen molar-refractivity contribution in [2.24, 2.45) is 0 Å². The van der Waals surface area contributed by atoms with Crippen LogP contribution >= 0.6 is 0 Å². The van der Waals surface area contributed by atoms with Gasteiger partial charge >= 0.3 is 0 Å². The van der Waals surface area contributed by atoms with Crippen molar-refractivity contribution in [3.63, 3.8) is 0 Å². The molecule has 0 aliphatic heterocycles. The van der Waals surface area contributed by atoms with Crippen molar-refractivity contribution in [1.82, 2.24) is 10.3 Å². The molecular formula is C18H16N2O2. The fourth-order valence-electron chi connectivity index (χ4n) is 2.20. The van der Waals surface area contributed by atoms with E-state index in [9.17, 15) is 4.79 Å². The summed E-state index contributed by atoms with van der Waals surface area (Å²) in [5.74, 6) is 1.47. The molecule has 4 nitrogen and oxygen atoms in total.